The SMILES string of the molecule is COc1ccccc1NC(=O)N1CCC[C@@H]1C(=O)Nc1ccccc1. The van der Waals surface area contributed by atoms with Crippen LogP contribution in [0.4, 0.5) is 16.2 Å². The summed E-state index contributed by atoms with van der Waals surface area (Å²) in [6, 6.07) is 15.7. The summed E-state index contributed by atoms with van der Waals surface area (Å²) in [5.74, 6) is 0.416. The summed E-state index contributed by atoms with van der Waals surface area (Å²) in [5.41, 5.74) is 1.31. The molecule has 0 unspecified atom stereocenters. The maximum Gasteiger partial charge on any atom is 0.322 e. The number of nitrogens with zero attached hydrogens (tertiary/aromatic N) is 1. The molecule has 1 saturated heterocycles. The summed E-state index contributed by atoms with van der Waals surface area (Å²) < 4.78 is 5.25. The number of para-hydroxylation sites is 3. The summed E-state index contributed by atoms with van der Waals surface area (Å²) >= 11 is 0. The Bertz CT molecular complexity index is 749. The molecule has 1 aliphatic rings. The van der Waals surface area contributed by atoms with Crippen molar-refractivity contribution in [2.45, 2.75) is 18.9 Å². The van der Waals surface area contributed by atoms with E-state index < -0.39 is 6.04 Å². The van der Waals surface area contributed by atoms with Gasteiger partial charge in [0.1, 0.15) is 11.8 Å². The fourth-order valence-corrected chi connectivity index (χ4v) is 2.96. The summed E-state index contributed by atoms with van der Waals surface area (Å²) in [5, 5.41) is 5.70. The number of carbonyl (C=O) groups excluding carboxylic acids is 2. The van der Waals surface area contributed by atoms with Crippen molar-refractivity contribution in [2.24, 2.45) is 0 Å². The molecule has 25 heavy (non-hydrogen) atoms. The molecule has 2 N–H and O–H groups in total. The zero-order valence-corrected chi connectivity index (χ0v) is 14.1. The van der Waals surface area contributed by atoms with E-state index in [-0.39, 0.29) is 11.9 Å². The fourth-order valence-electron chi connectivity index (χ4n) is 2.96. The molecule has 0 aliphatic carbocycles. The molecule has 130 valence electrons. The first-order valence-corrected chi connectivity index (χ1v) is 8.25. The first-order chi connectivity index (χ1) is 12.2. The van der Waals surface area contributed by atoms with E-state index in [1.165, 1.54) is 0 Å². The summed E-state index contributed by atoms with van der Waals surface area (Å²) in [7, 11) is 1.55. The highest BCUT2D eigenvalue weighted by Crippen LogP contribution is 2.25. The van der Waals surface area contributed by atoms with Gasteiger partial charge in [-0.1, -0.05) is 30.3 Å². The smallest absolute Gasteiger partial charge is 0.322 e. The Morgan fingerprint density at radius 2 is 1.76 bits per heavy atom. The highest BCUT2D eigenvalue weighted by molar-refractivity contribution is 6.00. The van der Waals surface area contributed by atoms with Crippen molar-refractivity contribution in [2.75, 3.05) is 24.3 Å². The first-order valence-electron chi connectivity index (χ1n) is 8.25. The van der Waals surface area contributed by atoms with Gasteiger partial charge in [0.05, 0.1) is 12.8 Å². The van der Waals surface area contributed by atoms with Crippen molar-refractivity contribution in [3.8, 4) is 5.75 Å². The normalized spacial score (nSPS) is 16.4. The molecule has 0 radical (unpaired) electrons. The third-order valence-corrected chi connectivity index (χ3v) is 4.21. The first kappa shape index (κ1) is 16.8. The molecule has 1 aliphatic heterocycles. The maximum absolute atomic E-state index is 12.6. The Morgan fingerprint density at radius 1 is 1.04 bits per heavy atom. The minimum atomic E-state index is -0.477. The average Bonchev–Trinajstić information content (AvgIpc) is 3.13. The van der Waals surface area contributed by atoms with Gasteiger partial charge in [0.25, 0.3) is 0 Å². The largest absolute Gasteiger partial charge is 0.495 e. The van der Waals surface area contributed by atoms with E-state index in [9.17, 15) is 9.59 Å². The van der Waals surface area contributed by atoms with Gasteiger partial charge in [-0.25, -0.2) is 4.79 Å². The number of hydrogen-bond donors (Lipinski definition) is 2. The van der Waals surface area contributed by atoms with Crippen molar-refractivity contribution in [1.82, 2.24) is 4.90 Å². The molecule has 0 bridgehead atoms. The minimum Gasteiger partial charge on any atom is -0.495 e. The molecule has 2 aromatic carbocycles. The van der Waals surface area contributed by atoms with E-state index in [0.717, 1.165) is 12.1 Å². The molecule has 6 nitrogen and oxygen atoms in total. The van der Waals surface area contributed by atoms with Crippen LogP contribution in [0.15, 0.2) is 54.6 Å². The number of methoxy groups -OCH3 is 1. The molecule has 0 aromatic heterocycles. The second-order valence-corrected chi connectivity index (χ2v) is 5.84. The highest BCUT2D eigenvalue weighted by atomic mass is 16.5. The van der Waals surface area contributed by atoms with Crippen LogP contribution < -0.4 is 15.4 Å². The van der Waals surface area contributed by atoms with Crippen molar-refractivity contribution >= 4 is 23.3 Å². The van der Waals surface area contributed by atoms with Crippen LogP contribution >= 0.6 is 0 Å². The number of amides is 3. The molecule has 1 atom stereocenters. The van der Waals surface area contributed by atoms with E-state index in [4.69, 9.17) is 4.74 Å². The van der Waals surface area contributed by atoms with Crippen LogP contribution in [0.5, 0.6) is 5.75 Å². The van der Waals surface area contributed by atoms with Crippen molar-refractivity contribution in [1.29, 1.82) is 0 Å². The number of benzene rings is 2. The van der Waals surface area contributed by atoms with Gasteiger partial charge >= 0.3 is 6.03 Å². The Balaban J connectivity index is 1.68. The van der Waals surface area contributed by atoms with Gasteiger partial charge in [-0.05, 0) is 37.1 Å². The third kappa shape index (κ3) is 3.91. The van der Waals surface area contributed by atoms with Crippen molar-refractivity contribution in [3.05, 3.63) is 54.6 Å². The second-order valence-electron chi connectivity index (χ2n) is 5.84. The van der Waals surface area contributed by atoms with Crippen LogP contribution in [-0.2, 0) is 4.79 Å². The molecule has 1 fully saturated rings. The number of carbonyl (C=O) groups is 2. The number of rotatable bonds is 4. The van der Waals surface area contributed by atoms with Crippen molar-refractivity contribution < 1.29 is 14.3 Å². The summed E-state index contributed by atoms with van der Waals surface area (Å²) in [6.45, 7) is 0.549. The zero-order chi connectivity index (χ0) is 17.6. The lowest BCUT2D eigenvalue weighted by molar-refractivity contribution is -0.119. The summed E-state index contributed by atoms with van der Waals surface area (Å²) in [4.78, 5) is 26.8. The Kier molecular flexibility index (Phi) is 5.18. The van der Waals surface area contributed by atoms with Crippen molar-refractivity contribution in [3.63, 3.8) is 0 Å². The number of urea groups is 1. The Morgan fingerprint density at radius 3 is 2.52 bits per heavy atom. The van der Waals surface area contributed by atoms with Gasteiger partial charge in [0, 0.05) is 12.2 Å². The highest BCUT2D eigenvalue weighted by Gasteiger charge is 2.34. The number of anilines is 2. The number of nitrogens with one attached hydrogen (secondary N) is 2. The van der Waals surface area contributed by atoms with Gasteiger partial charge in [0.2, 0.25) is 5.91 Å². The minimum absolute atomic E-state index is 0.168. The number of likely N-dealkylation sites (tertiary alicyclic amines) is 1. The molecule has 2 aromatic rings. The van der Waals surface area contributed by atoms with Crippen LogP contribution in [-0.4, -0.2) is 36.5 Å². The lowest BCUT2D eigenvalue weighted by Crippen LogP contribution is -2.45. The lowest BCUT2D eigenvalue weighted by Gasteiger charge is -2.24. The van der Waals surface area contributed by atoms with E-state index in [0.29, 0.717) is 24.4 Å². The number of hydrogen-bond acceptors (Lipinski definition) is 3. The predicted molar refractivity (Wildman–Crippen MR) is 96.8 cm³/mol. The maximum atomic E-state index is 12.6. The molecule has 0 spiro atoms. The van der Waals surface area contributed by atoms with Crippen LogP contribution in [0.25, 0.3) is 0 Å². The van der Waals surface area contributed by atoms with Gasteiger partial charge < -0.3 is 20.3 Å². The molecule has 3 rings (SSSR count). The zero-order valence-electron chi connectivity index (χ0n) is 14.1. The molecular weight excluding hydrogens is 318 g/mol. The van der Waals surface area contributed by atoms with E-state index >= 15 is 0 Å². The predicted octanol–water partition coefficient (Wildman–Crippen LogP) is 3.33. The van der Waals surface area contributed by atoms with Crippen LogP contribution in [0.2, 0.25) is 0 Å². The Hall–Kier alpha value is -3.02. The fraction of sp³-hybridized carbons (Fsp3) is 0.263. The third-order valence-electron chi connectivity index (χ3n) is 4.21. The topological polar surface area (TPSA) is 70.7 Å². The molecule has 0 saturated carbocycles. The van der Waals surface area contributed by atoms with Gasteiger partial charge in [-0.3, -0.25) is 4.79 Å². The molecule has 6 heteroatoms. The standard InChI is InChI=1S/C19H21N3O3/c1-25-17-12-6-5-10-15(17)21-19(24)22-13-7-11-16(22)18(23)20-14-8-3-2-4-9-14/h2-6,8-10,12,16H,7,11,13H2,1H3,(H,20,23)(H,21,24)/t16-/m1/s1. The van der Waals surface area contributed by atoms with Gasteiger partial charge in [-0.2, -0.15) is 0 Å². The molecular formula is C19H21N3O3. The quantitative estimate of drug-likeness (QED) is 0.897. The number of ether oxygens (including phenoxy) is 1. The summed E-state index contributed by atoms with van der Waals surface area (Å²) in [6.07, 6.45) is 1.45. The van der Waals surface area contributed by atoms with E-state index in [2.05, 4.69) is 10.6 Å². The van der Waals surface area contributed by atoms with E-state index in [1.807, 2.05) is 42.5 Å². The van der Waals surface area contributed by atoms with Crippen LogP contribution in [0.3, 0.4) is 0 Å². The Labute approximate surface area is 146 Å². The second kappa shape index (κ2) is 7.70. The van der Waals surface area contributed by atoms with Crippen LogP contribution in [0, 0.1) is 0 Å². The van der Waals surface area contributed by atoms with Gasteiger partial charge in [0.15, 0.2) is 0 Å². The molecule has 3 amide bonds. The monoisotopic (exact) mass is 339 g/mol. The average molecular weight is 339 g/mol. The van der Waals surface area contributed by atoms with E-state index in [1.54, 1.807) is 24.1 Å². The van der Waals surface area contributed by atoms with Crippen LogP contribution in [0.1, 0.15) is 12.8 Å². The van der Waals surface area contributed by atoms with Gasteiger partial charge in [-0.15, -0.1) is 0 Å². The lowest BCUT2D eigenvalue weighted by atomic mass is 10.2. The molecule has 1 heterocycles.